The Hall–Kier alpha value is -3.92. The van der Waals surface area contributed by atoms with Crippen LogP contribution in [0.25, 0.3) is 0 Å². The van der Waals surface area contributed by atoms with E-state index >= 15 is 0 Å². The van der Waals surface area contributed by atoms with Gasteiger partial charge in [0, 0.05) is 31.1 Å². The van der Waals surface area contributed by atoms with Gasteiger partial charge < -0.3 is 15.0 Å². The van der Waals surface area contributed by atoms with Crippen LogP contribution in [0.4, 0.5) is 10.1 Å². The largest absolute Gasteiger partial charge is 0.497 e. The number of benzene rings is 3. The third-order valence-corrected chi connectivity index (χ3v) is 7.56. The highest BCUT2D eigenvalue weighted by Gasteiger charge is 2.33. The maximum atomic E-state index is 14.8. The summed E-state index contributed by atoms with van der Waals surface area (Å²) >= 11 is 0. The van der Waals surface area contributed by atoms with Crippen molar-refractivity contribution in [1.82, 2.24) is 10.2 Å². The molecule has 0 spiro atoms. The van der Waals surface area contributed by atoms with E-state index < -0.39 is 40.2 Å². The quantitative estimate of drug-likeness (QED) is 0.294. The van der Waals surface area contributed by atoms with Crippen LogP contribution in [0.1, 0.15) is 30.9 Å². The van der Waals surface area contributed by atoms with Crippen LogP contribution in [0.15, 0.2) is 78.9 Å². The predicted octanol–water partition coefficient (Wildman–Crippen LogP) is 4.16. The van der Waals surface area contributed by atoms with Gasteiger partial charge in [-0.05, 0) is 30.2 Å². The van der Waals surface area contributed by atoms with Gasteiger partial charge in [0.2, 0.25) is 21.8 Å². The molecule has 0 heterocycles. The molecule has 3 aromatic rings. The lowest BCUT2D eigenvalue weighted by molar-refractivity contribution is -0.140. The molecule has 10 heteroatoms. The number of amides is 2. The van der Waals surface area contributed by atoms with Crippen LogP contribution in [0, 0.1) is 5.82 Å². The molecule has 3 rings (SSSR count). The number of unbranched alkanes of at least 4 members (excludes halogenated alkanes) is 1. The Labute approximate surface area is 235 Å². The number of sulfonamides is 1. The number of anilines is 1. The number of nitrogens with one attached hydrogen (secondary N) is 1. The summed E-state index contributed by atoms with van der Waals surface area (Å²) in [6.45, 7) is 1.61. The second-order valence-electron chi connectivity index (χ2n) is 9.43. The number of nitrogens with zero attached hydrogens (tertiary/aromatic N) is 2. The Balaban J connectivity index is 2.05. The summed E-state index contributed by atoms with van der Waals surface area (Å²) < 4.78 is 46.7. The van der Waals surface area contributed by atoms with Gasteiger partial charge in [0.05, 0.1) is 19.1 Å². The van der Waals surface area contributed by atoms with Crippen molar-refractivity contribution >= 4 is 27.5 Å². The Morgan fingerprint density at radius 2 is 1.70 bits per heavy atom. The molecule has 40 heavy (non-hydrogen) atoms. The van der Waals surface area contributed by atoms with Gasteiger partial charge >= 0.3 is 0 Å². The maximum absolute atomic E-state index is 14.8. The van der Waals surface area contributed by atoms with Gasteiger partial charge in [-0.15, -0.1) is 0 Å². The summed E-state index contributed by atoms with van der Waals surface area (Å²) in [4.78, 5) is 28.8. The van der Waals surface area contributed by atoms with Crippen molar-refractivity contribution in [1.29, 1.82) is 0 Å². The van der Waals surface area contributed by atoms with E-state index in [1.54, 1.807) is 30.3 Å². The van der Waals surface area contributed by atoms with Crippen LogP contribution in [-0.4, -0.2) is 57.6 Å². The fourth-order valence-corrected chi connectivity index (χ4v) is 5.09. The summed E-state index contributed by atoms with van der Waals surface area (Å²) in [6, 6.07) is 20.5. The number of halogens is 1. The lowest BCUT2D eigenvalue weighted by Crippen LogP contribution is -2.53. The molecule has 0 bridgehead atoms. The van der Waals surface area contributed by atoms with Crippen molar-refractivity contribution in [3.8, 4) is 5.75 Å². The van der Waals surface area contributed by atoms with Crippen molar-refractivity contribution in [2.45, 2.75) is 38.8 Å². The topological polar surface area (TPSA) is 96.0 Å². The Bertz CT molecular complexity index is 1380. The van der Waals surface area contributed by atoms with Crippen LogP contribution < -0.4 is 14.4 Å². The highest BCUT2D eigenvalue weighted by atomic mass is 32.2. The zero-order valence-corrected chi connectivity index (χ0v) is 23.9. The van der Waals surface area contributed by atoms with Gasteiger partial charge in [-0.1, -0.05) is 67.9 Å². The fourth-order valence-electron chi connectivity index (χ4n) is 4.25. The van der Waals surface area contributed by atoms with Crippen molar-refractivity contribution in [3.63, 3.8) is 0 Å². The summed E-state index contributed by atoms with van der Waals surface area (Å²) in [5, 5.41) is 2.90. The Kier molecular flexibility index (Phi) is 11.1. The molecule has 3 aromatic carbocycles. The van der Waals surface area contributed by atoms with Gasteiger partial charge in [0.1, 0.15) is 24.2 Å². The summed E-state index contributed by atoms with van der Waals surface area (Å²) in [7, 11) is -2.46. The van der Waals surface area contributed by atoms with E-state index in [0.29, 0.717) is 12.3 Å². The first kappa shape index (κ1) is 30.6. The molecule has 214 valence electrons. The van der Waals surface area contributed by atoms with Crippen LogP contribution in [0.2, 0.25) is 0 Å². The minimum atomic E-state index is -3.92. The number of ether oxygens (including phenoxy) is 1. The summed E-state index contributed by atoms with van der Waals surface area (Å²) in [5.41, 5.74) is 1.24. The third-order valence-electron chi connectivity index (χ3n) is 6.42. The summed E-state index contributed by atoms with van der Waals surface area (Å²) in [6.07, 6.45) is 2.78. The highest BCUT2D eigenvalue weighted by molar-refractivity contribution is 7.92. The second-order valence-corrected chi connectivity index (χ2v) is 11.3. The molecule has 0 aliphatic heterocycles. The molecule has 0 radical (unpaired) electrons. The fraction of sp³-hybridized carbons (Fsp3) is 0.333. The van der Waals surface area contributed by atoms with E-state index in [2.05, 4.69) is 5.32 Å². The van der Waals surface area contributed by atoms with Gasteiger partial charge in [0.25, 0.3) is 0 Å². The molecule has 0 aliphatic carbocycles. The number of carbonyl (C=O) groups excluding carboxylic acids is 2. The molecule has 0 aromatic heterocycles. The van der Waals surface area contributed by atoms with E-state index in [9.17, 15) is 22.4 Å². The number of hydrogen-bond acceptors (Lipinski definition) is 5. The average molecular weight is 570 g/mol. The van der Waals surface area contributed by atoms with Crippen LogP contribution in [-0.2, 0) is 32.6 Å². The standard InChI is InChI=1S/C30H36FN3O5S/c1-4-5-18-32-30(36)28(19-23-12-7-6-8-13-23)33(21-24-14-9-10-17-27(24)31)29(35)22-34(40(3,37)38)25-15-11-16-26(20-25)39-2/h6-17,20,28H,4-5,18-19,21-22H2,1-3H3,(H,32,36)/t28-/m0/s1. The molecule has 0 fully saturated rings. The zero-order valence-electron chi connectivity index (χ0n) is 23.0. The smallest absolute Gasteiger partial charge is 0.244 e. The van der Waals surface area contributed by atoms with Crippen LogP contribution >= 0.6 is 0 Å². The van der Waals surface area contributed by atoms with E-state index in [-0.39, 0.29) is 24.2 Å². The van der Waals surface area contributed by atoms with Crippen molar-refractivity contribution in [2.24, 2.45) is 0 Å². The molecular weight excluding hydrogens is 533 g/mol. The molecule has 0 saturated heterocycles. The van der Waals surface area contributed by atoms with Gasteiger partial charge in [0.15, 0.2) is 0 Å². The van der Waals surface area contributed by atoms with Crippen LogP contribution in [0.3, 0.4) is 0 Å². The third kappa shape index (κ3) is 8.54. The molecule has 0 unspecified atom stereocenters. The molecule has 0 saturated carbocycles. The minimum Gasteiger partial charge on any atom is -0.497 e. The maximum Gasteiger partial charge on any atom is 0.244 e. The molecule has 0 aliphatic rings. The van der Waals surface area contributed by atoms with Gasteiger partial charge in [-0.25, -0.2) is 12.8 Å². The number of hydrogen-bond donors (Lipinski definition) is 1. The van der Waals surface area contributed by atoms with E-state index in [1.807, 2.05) is 37.3 Å². The molecule has 1 N–H and O–H groups in total. The first-order valence-corrected chi connectivity index (χ1v) is 14.9. The average Bonchev–Trinajstić information content (AvgIpc) is 2.94. The molecule has 8 nitrogen and oxygen atoms in total. The van der Waals surface area contributed by atoms with Gasteiger partial charge in [-0.3, -0.25) is 13.9 Å². The normalized spacial score (nSPS) is 11.9. The van der Waals surface area contributed by atoms with Crippen molar-refractivity contribution in [2.75, 3.05) is 30.8 Å². The minimum absolute atomic E-state index is 0.164. The number of carbonyl (C=O) groups is 2. The lowest BCUT2D eigenvalue weighted by Gasteiger charge is -2.33. The van der Waals surface area contributed by atoms with Crippen molar-refractivity contribution < 1.29 is 27.1 Å². The molecule has 1 atom stereocenters. The predicted molar refractivity (Wildman–Crippen MR) is 154 cm³/mol. The Morgan fingerprint density at radius 3 is 2.35 bits per heavy atom. The molecule has 2 amide bonds. The number of methoxy groups -OCH3 is 1. The Morgan fingerprint density at radius 1 is 1.00 bits per heavy atom. The lowest BCUT2D eigenvalue weighted by atomic mass is 10.0. The highest BCUT2D eigenvalue weighted by Crippen LogP contribution is 2.24. The van der Waals surface area contributed by atoms with Crippen LogP contribution in [0.5, 0.6) is 5.75 Å². The summed E-state index contributed by atoms with van der Waals surface area (Å²) in [5.74, 6) is -1.16. The molecular formula is C30H36FN3O5S. The zero-order chi connectivity index (χ0) is 29.1. The van der Waals surface area contributed by atoms with Crippen molar-refractivity contribution in [3.05, 3.63) is 95.8 Å². The second kappa shape index (κ2) is 14.5. The van der Waals surface area contributed by atoms with E-state index in [0.717, 1.165) is 29.0 Å². The monoisotopic (exact) mass is 569 g/mol. The number of rotatable bonds is 14. The van der Waals surface area contributed by atoms with E-state index in [1.165, 1.54) is 30.2 Å². The SMILES string of the molecule is CCCCNC(=O)[C@H](Cc1ccccc1)N(Cc1ccccc1F)C(=O)CN(c1cccc(OC)c1)S(C)(=O)=O. The van der Waals surface area contributed by atoms with E-state index in [4.69, 9.17) is 4.74 Å². The first-order valence-electron chi connectivity index (χ1n) is 13.1. The first-order chi connectivity index (χ1) is 19.1. The van der Waals surface area contributed by atoms with Gasteiger partial charge in [-0.2, -0.15) is 0 Å².